The number of rotatable bonds is 7. The van der Waals surface area contributed by atoms with E-state index in [0.29, 0.717) is 19.6 Å². The van der Waals surface area contributed by atoms with Crippen molar-refractivity contribution in [1.29, 1.82) is 0 Å². The zero-order valence-corrected chi connectivity index (χ0v) is 13.0. The van der Waals surface area contributed by atoms with Gasteiger partial charge in [-0.15, -0.1) is 0 Å². The molecule has 0 aromatic carbocycles. The number of amides is 2. The van der Waals surface area contributed by atoms with Gasteiger partial charge in [0.05, 0.1) is 12.5 Å². The van der Waals surface area contributed by atoms with E-state index >= 15 is 0 Å². The third-order valence-corrected chi connectivity index (χ3v) is 3.04. The van der Waals surface area contributed by atoms with E-state index in [1.54, 1.807) is 4.90 Å². The molecule has 0 saturated heterocycles. The SMILES string of the molecule is CCN(CC)C(=O)CNC(=O)C(CN)CC(C)(C)C. The van der Waals surface area contributed by atoms with Gasteiger partial charge in [-0.05, 0) is 25.7 Å². The number of carbonyl (C=O) groups excluding carboxylic acids is 2. The fraction of sp³-hybridized carbons (Fsp3) is 0.857. The number of hydrogen-bond donors (Lipinski definition) is 2. The molecule has 0 aromatic rings. The second-order valence-corrected chi connectivity index (χ2v) is 5.98. The lowest BCUT2D eigenvalue weighted by atomic mass is 9.84. The van der Waals surface area contributed by atoms with Gasteiger partial charge in [-0.3, -0.25) is 9.59 Å². The molecule has 112 valence electrons. The maximum Gasteiger partial charge on any atom is 0.241 e. The highest BCUT2D eigenvalue weighted by Crippen LogP contribution is 2.23. The molecule has 0 saturated carbocycles. The number of nitrogens with one attached hydrogen (secondary N) is 1. The van der Waals surface area contributed by atoms with Crippen LogP contribution in [0.2, 0.25) is 0 Å². The zero-order chi connectivity index (χ0) is 15.1. The van der Waals surface area contributed by atoms with Crippen molar-refractivity contribution >= 4 is 11.8 Å². The van der Waals surface area contributed by atoms with E-state index in [4.69, 9.17) is 5.73 Å². The standard InChI is InChI=1S/C14H29N3O2/c1-6-17(7-2)12(18)10-16-13(19)11(9-15)8-14(3,4)5/h11H,6-10,15H2,1-5H3,(H,16,19). The summed E-state index contributed by atoms with van der Waals surface area (Å²) in [7, 11) is 0. The lowest BCUT2D eigenvalue weighted by Crippen LogP contribution is -2.43. The molecule has 0 radical (unpaired) electrons. The van der Waals surface area contributed by atoms with Crippen molar-refractivity contribution in [2.75, 3.05) is 26.2 Å². The average molecular weight is 271 g/mol. The molecule has 0 fully saturated rings. The second-order valence-electron chi connectivity index (χ2n) is 5.98. The number of nitrogens with two attached hydrogens (primary N) is 1. The minimum Gasteiger partial charge on any atom is -0.347 e. The maximum absolute atomic E-state index is 12.0. The van der Waals surface area contributed by atoms with Gasteiger partial charge in [-0.25, -0.2) is 0 Å². The number of nitrogens with zero attached hydrogens (tertiary/aromatic N) is 1. The van der Waals surface area contributed by atoms with E-state index < -0.39 is 0 Å². The highest BCUT2D eigenvalue weighted by molar-refractivity contribution is 5.85. The molecule has 0 rings (SSSR count). The monoisotopic (exact) mass is 271 g/mol. The van der Waals surface area contributed by atoms with Gasteiger partial charge in [-0.1, -0.05) is 20.8 Å². The first-order valence-electron chi connectivity index (χ1n) is 7.00. The lowest BCUT2D eigenvalue weighted by Gasteiger charge is -2.25. The number of hydrogen-bond acceptors (Lipinski definition) is 3. The van der Waals surface area contributed by atoms with Crippen molar-refractivity contribution in [2.24, 2.45) is 17.1 Å². The molecule has 0 bridgehead atoms. The Morgan fingerprint density at radius 3 is 2.11 bits per heavy atom. The van der Waals surface area contributed by atoms with Gasteiger partial charge < -0.3 is 16.0 Å². The first-order chi connectivity index (χ1) is 8.75. The smallest absolute Gasteiger partial charge is 0.241 e. The molecule has 1 atom stereocenters. The molecular formula is C14H29N3O2. The van der Waals surface area contributed by atoms with E-state index in [1.165, 1.54) is 0 Å². The second kappa shape index (κ2) is 8.15. The van der Waals surface area contributed by atoms with Gasteiger partial charge in [0.1, 0.15) is 0 Å². The Morgan fingerprint density at radius 2 is 1.74 bits per heavy atom. The minimum absolute atomic E-state index is 0.0459. The van der Waals surface area contributed by atoms with Gasteiger partial charge in [0.25, 0.3) is 0 Å². The zero-order valence-electron chi connectivity index (χ0n) is 13.0. The van der Waals surface area contributed by atoms with Crippen LogP contribution in [0.4, 0.5) is 0 Å². The van der Waals surface area contributed by atoms with Crippen molar-refractivity contribution in [3.05, 3.63) is 0 Å². The third-order valence-electron chi connectivity index (χ3n) is 3.04. The van der Waals surface area contributed by atoms with Crippen LogP contribution in [0.5, 0.6) is 0 Å². The molecule has 5 heteroatoms. The van der Waals surface area contributed by atoms with Crippen molar-refractivity contribution < 1.29 is 9.59 Å². The Labute approximate surface area is 116 Å². The van der Waals surface area contributed by atoms with Crippen LogP contribution in [-0.4, -0.2) is 42.9 Å². The summed E-state index contributed by atoms with van der Waals surface area (Å²) in [6, 6.07) is 0. The van der Waals surface area contributed by atoms with Crippen LogP contribution in [0.3, 0.4) is 0 Å². The fourth-order valence-electron chi connectivity index (χ4n) is 2.02. The number of carbonyl (C=O) groups is 2. The van der Waals surface area contributed by atoms with Crippen LogP contribution in [0.15, 0.2) is 0 Å². The molecule has 2 amide bonds. The largest absolute Gasteiger partial charge is 0.347 e. The van der Waals surface area contributed by atoms with Gasteiger partial charge in [0.2, 0.25) is 11.8 Å². The van der Waals surface area contributed by atoms with Crippen molar-refractivity contribution in [2.45, 2.75) is 41.0 Å². The topological polar surface area (TPSA) is 75.4 Å². The first kappa shape index (κ1) is 17.9. The minimum atomic E-state index is -0.232. The van der Waals surface area contributed by atoms with Crippen LogP contribution in [0.1, 0.15) is 41.0 Å². The summed E-state index contributed by atoms with van der Waals surface area (Å²) < 4.78 is 0. The molecule has 1 unspecified atom stereocenters. The van der Waals surface area contributed by atoms with Crippen molar-refractivity contribution in [3.63, 3.8) is 0 Å². The average Bonchev–Trinajstić information content (AvgIpc) is 2.33. The first-order valence-corrected chi connectivity index (χ1v) is 7.00. The molecule has 0 spiro atoms. The van der Waals surface area contributed by atoms with E-state index in [2.05, 4.69) is 26.1 Å². The fourth-order valence-corrected chi connectivity index (χ4v) is 2.02. The van der Waals surface area contributed by atoms with Crippen LogP contribution in [0, 0.1) is 11.3 Å². The molecule has 19 heavy (non-hydrogen) atoms. The molecule has 0 aromatic heterocycles. The quantitative estimate of drug-likeness (QED) is 0.725. The number of likely N-dealkylation sites (N-methyl/N-ethyl adjacent to an activating group) is 1. The van der Waals surface area contributed by atoms with Crippen LogP contribution in [-0.2, 0) is 9.59 Å². The summed E-state index contributed by atoms with van der Waals surface area (Å²) in [5.74, 6) is -0.410. The molecular weight excluding hydrogens is 242 g/mol. The summed E-state index contributed by atoms with van der Waals surface area (Å²) in [5, 5.41) is 2.70. The van der Waals surface area contributed by atoms with E-state index in [0.717, 1.165) is 6.42 Å². The molecule has 0 aliphatic rings. The molecule has 0 aliphatic heterocycles. The van der Waals surface area contributed by atoms with Crippen molar-refractivity contribution in [1.82, 2.24) is 10.2 Å². The van der Waals surface area contributed by atoms with Crippen LogP contribution < -0.4 is 11.1 Å². The van der Waals surface area contributed by atoms with Crippen LogP contribution >= 0.6 is 0 Å². The Kier molecular flexibility index (Phi) is 7.68. The van der Waals surface area contributed by atoms with Crippen molar-refractivity contribution in [3.8, 4) is 0 Å². The predicted molar refractivity (Wildman–Crippen MR) is 77.6 cm³/mol. The van der Waals surface area contributed by atoms with Gasteiger partial charge in [-0.2, -0.15) is 0 Å². The maximum atomic E-state index is 12.0. The molecule has 5 nitrogen and oxygen atoms in total. The van der Waals surface area contributed by atoms with E-state index in [1.807, 2.05) is 13.8 Å². The predicted octanol–water partition coefficient (Wildman–Crippen LogP) is 0.982. The normalized spacial score (nSPS) is 12.9. The third kappa shape index (κ3) is 7.15. The van der Waals surface area contributed by atoms with Crippen LogP contribution in [0.25, 0.3) is 0 Å². The summed E-state index contributed by atoms with van der Waals surface area (Å²) in [6.07, 6.45) is 0.717. The Hall–Kier alpha value is -1.10. The summed E-state index contributed by atoms with van der Waals surface area (Å²) in [5.41, 5.74) is 5.69. The Balaban J connectivity index is 4.32. The summed E-state index contributed by atoms with van der Waals surface area (Å²) in [6.45, 7) is 11.7. The van der Waals surface area contributed by atoms with E-state index in [9.17, 15) is 9.59 Å². The summed E-state index contributed by atoms with van der Waals surface area (Å²) in [4.78, 5) is 25.5. The van der Waals surface area contributed by atoms with Gasteiger partial charge >= 0.3 is 0 Å². The Morgan fingerprint density at radius 1 is 1.21 bits per heavy atom. The summed E-state index contributed by atoms with van der Waals surface area (Å²) >= 11 is 0. The lowest BCUT2D eigenvalue weighted by molar-refractivity contribution is -0.133. The molecule has 0 aliphatic carbocycles. The molecule has 3 N–H and O–H groups in total. The van der Waals surface area contributed by atoms with E-state index in [-0.39, 0.29) is 29.7 Å². The van der Waals surface area contributed by atoms with Gasteiger partial charge in [0.15, 0.2) is 0 Å². The molecule has 0 heterocycles. The highest BCUT2D eigenvalue weighted by atomic mass is 16.2. The highest BCUT2D eigenvalue weighted by Gasteiger charge is 2.24. The Bertz CT molecular complexity index is 294. The van der Waals surface area contributed by atoms with Gasteiger partial charge in [0, 0.05) is 19.6 Å².